The van der Waals surface area contributed by atoms with E-state index < -0.39 is 6.61 Å². The molecule has 1 amide bonds. The van der Waals surface area contributed by atoms with Crippen LogP contribution in [-0.2, 0) is 11.3 Å². The number of amides is 1. The van der Waals surface area contributed by atoms with E-state index in [9.17, 15) is 13.6 Å². The standard InChI is InChI=1S/C21H21ClF2N2O2/c22-18-6-1-17(2-7-18)15-25-11-13-26(14-12-25)20(27)10-5-16-3-8-19(9-4-16)28-21(23)24/h1-10,21H,11-15H2/b10-5-. The molecule has 1 fully saturated rings. The number of halogens is 3. The molecule has 7 heteroatoms. The second kappa shape index (κ2) is 9.66. The highest BCUT2D eigenvalue weighted by Gasteiger charge is 2.19. The fraction of sp³-hybridized carbons (Fsp3) is 0.286. The topological polar surface area (TPSA) is 32.8 Å². The molecular formula is C21H21ClF2N2O2. The fourth-order valence-corrected chi connectivity index (χ4v) is 3.13. The monoisotopic (exact) mass is 406 g/mol. The molecule has 1 saturated heterocycles. The van der Waals surface area contributed by atoms with Gasteiger partial charge in [0.25, 0.3) is 0 Å². The number of ether oxygens (including phenoxy) is 1. The lowest BCUT2D eigenvalue weighted by Gasteiger charge is -2.34. The first-order valence-corrected chi connectivity index (χ1v) is 9.36. The minimum Gasteiger partial charge on any atom is -0.435 e. The molecule has 0 atom stereocenters. The van der Waals surface area contributed by atoms with Crippen LogP contribution in [0.2, 0.25) is 5.02 Å². The lowest BCUT2D eigenvalue weighted by atomic mass is 10.2. The van der Waals surface area contributed by atoms with Gasteiger partial charge in [0.15, 0.2) is 0 Å². The van der Waals surface area contributed by atoms with Crippen molar-refractivity contribution in [2.45, 2.75) is 13.2 Å². The smallest absolute Gasteiger partial charge is 0.387 e. The van der Waals surface area contributed by atoms with Gasteiger partial charge in [0.2, 0.25) is 5.91 Å². The van der Waals surface area contributed by atoms with Crippen LogP contribution in [-0.4, -0.2) is 48.5 Å². The SMILES string of the molecule is O=C(/C=C\c1ccc(OC(F)F)cc1)N1CCN(Cc2ccc(Cl)cc2)CC1. The highest BCUT2D eigenvalue weighted by molar-refractivity contribution is 6.30. The van der Waals surface area contributed by atoms with Crippen LogP contribution in [0.15, 0.2) is 54.6 Å². The van der Waals surface area contributed by atoms with E-state index in [0.717, 1.165) is 30.2 Å². The molecule has 1 aliphatic rings. The molecule has 0 aliphatic carbocycles. The van der Waals surface area contributed by atoms with Crippen molar-refractivity contribution >= 4 is 23.6 Å². The summed E-state index contributed by atoms with van der Waals surface area (Å²) in [5.74, 6) is 0.0364. The molecule has 0 saturated carbocycles. The maximum Gasteiger partial charge on any atom is 0.387 e. The van der Waals surface area contributed by atoms with Crippen molar-refractivity contribution in [1.29, 1.82) is 0 Å². The molecule has 2 aromatic carbocycles. The normalized spacial score (nSPS) is 15.4. The van der Waals surface area contributed by atoms with Crippen LogP contribution in [0.3, 0.4) is 0 Å². The van der Waals surface area contributed by atoms with E-state index in [2.05, 4.69) is 9.64 Å². The maximum absolute atomic E-state index is 12.4. The molecule has 28 heavy (non-hydrogen) atoms. The Balaban J connectivity index is 1.46. The van der Waals surface area contributed by atoms with Crippen molar-refractivity contribution in [3.8, 4) is 5.75 Å². The number of hydrogen-bond acceptors (Lipinski definition) is 3. The van der Waals surface area contributed by atoms with Gasteiger partial charge < -0.3 is 9.64 Å². The number of rotatable bonds is 6. The Hall–Kier alpha value is -2.44. The Morgan fingerprint density at radius 3 is 2.29 bits per heavy atom. The van der Waals surface area contributed by atoms with E-state index in [0.29, 0.717) is 13.1 Å². The molecule has 4 nitrogen and oxygen atoms in total. The van der Waals surface area contributed by atoms with Crippen LogP contribution >= 0.6 is 11.6 Å². The van der Waals surface area contributed by atoms with Crippen LogP contribution in [0.5, 0.6) is 5.75 Å². The highest BCUT2D eigenvalue weighted by atomic mass is 35.5. The molecule has 0 bridgehead atoms. The minimum atomic E-state index is -2.85. The molecule has 0 spiro atoms. The third-order valence-electron chi connectivity index (χ3n) is 4.53. The van der Waals surface area contributed by atoms with Crippen LogP contribution in [0.1, 0.15) is 11.1 Å². The molecule has 0 radical (unpaired) electrons. The van der Waals surface area contributed by atoms with Gasteiger partial charge in [-0.2, -0.15) is 8.78 Å². The number of nitrogens with zero attached hydrogens (tertiary/aromatic N) is 2. The van der Waals surface area contributed by atoms with Gasteiger partial charge in [-0.15, -0.1) is 0 Å². The summed E-state index contributed by atoms with van der Waals surface area (Å²) >= 11 is 5.91. The highest BCUT2D eigenvalue weighted by Crippen LogP contribution is 2.16. The molecule has 148 valence electrons. The van der Waals surface area contributed by atoms with Gasteiger partial charge in [0.05, 0.1) is 0 Å². The average Bonchev–Trinajstić information content (AvgIpc) is 2.69. The maximum atomic E-state index is 12.4. The van der Waals surface area contributed by atoms with Gasteiger partial charge in [-0.25, -0.2) is 0 Å². The van der Waals surface area contributed by atoms with Crippen LogP contribution in [0, 0.1) is 0 Å². The first-order valence-electron chi connectivity index (χ1n) is 8.98. The van der Waals surface area contributed by atoms with E-state index in [1.54, 1.807) is 18.2 Å². The van der Waals surface area contributed by atoms with E-state index in [4.69, 9.17) is 11.6 Å². The molecular weight excluding hydrogens is 386 g/mol. The van der Waals surface area contributed by atoms with E-state index in [1.807, 2.05) is 29.2 Å². The molecule has 3 rings (SSSR count). The van der Waals surface area contributed by atoms with Gasteiger partial charge in [-0.3, -0.25) is 9.69 Å². The van der Waals surface area contributed by atoms with Crippen molar-refractivity contribution in [3.63, 3.8) is 0 Å². The van der Waals surface area contributed by atoms with Crippen molar-refractivity contribution in [2.24, 2.45) is 0 Å². The Morgan fingerprint density at radius 2 is 1.68 bits per heavy atom. The van der Waals surface area contributed by atoms with Crippen molar-refractivity contribution in [3.05, 3.63) is 70.8 Å². The number of piperazine rings is 1. The van der Waals surface area contributed by atoms with Gasteiger partial charge in [-0.05, 0) is 41.5 Å². The van der Waals surface area contributed by atoms with E-state index >= 15 is 0 Å². The Morgan fingerprint density at radius 1 is 1.04 bits per heavy atom. The number of benzene rings is 2. The van der Waals surface area contributed by atoms with Gasteiger partial charge in [0, 0.05) is 43.8 Å². The van der Waals surface area contributed by atoms with Crippen LogP contribution < -0.4 is 4.74 Å². The van der Waals surface area contributed by atoms with Gasteiger partial charge in [-0.1, -0.05) is 35.9 Å². The zero-order valence-electron chi connectivity index (χ0n) is 15.2. The summed E-state index contributed by atoms with van der Waals surface area (Å²) in [6.45, 7) is 0.933. The van der Waals surface area contributed by atoms with Crippen LogP contribution in [0.4, 0.5) is 8.78 Å². The van der Waals surface area contributed by atoms with Crippen molar-refractivity contribution in [1.82, 2.24) is 9.80 Å². The van der Waals surface area contributed by atoms with E-state index in [-0.39, 0.29) is 11.7 Å². The lowest BCUT2D eigenvalue weighted by Crippen LogP contribution is -2.47. The number of alkyl halides is 2. The zero-order valence-corrected chi connectivity index (χ0v) is 16.0. The second-order valence-corrected chi connectivity index (χ2v) is 6.95. The Bertz CT molecular complexity index is 802. The zero-order chi connectivity index (χ0) is 19.9. The third kappa shape index (κ3) is 6.04. The predicted molar refractivity (Wildman–Crippen MR) is 105 cm³/mol. The first-order chi connectivity index (χ1) is 13.5. The second-order valence-electron chi connectivity index (χ2n) is 6.51. The van der Waals surface area contributed by atoms with E-state index in [1.165, 1.54) is 23.8 Å². The predicted octanol–water partition coefficient (Wildman–Crippen LogP) is 4.30. The summed E-state index contributed by atoms with van der Waals surface area (Å²) in [5, 5.41) is 0.724. The van der Waals surface area contributed by atoms with Crippen molar-refractivity contribution < 1.29 is 18.3 Å². The number of hydrogen-bond donors (Lipinski definition) is 0. The summed E-state index contributed by atoms with van der Waals surface area (Å²) in [6.07, 6.45) is 3.19. The fourth-order valence-electron chi connectivity index (χ4n) is 3.01. The molecule has 0 N–H and O–H groups in total. The third-order valence-corrected chi connectivity index (χ3v) is 4.78. The number of carbonyl (C=O) groups is 1. The Kier molecular flexibility index (Phi) is 7.01. The first kappa shape index (κ1) is 20.3. The molecule has 1 heterocycles. The molecule has 0 unspecified atom stereocenters. The summed E-state index contributed by atoms with van der Waals surface area (Å²) in [5.41, 5.74) is 1.94. The summed E-state index contributed by atoms with van der Waals surface area (Å²) in [4.78, 5) is 16.5. The van der Waals surface area contributed by atoms with Crippen molar-refractivity contribution in [2.75, 3.05) is 26.2 Å². The average molecular weight is 407 g/mol. The van der Waals surface area contributed by atoms with Crippen LogP contribution in [0.25, 0.3) is 6.08 Å². The summed E-state index contributed by atoms with van der Waals surface area (Å²) in [7, 11) is 0. The Labute approximate surface area is 168 Å². The number of carbonyl (C=O) groups excluding carboxylic acids is 1. The largest absolute Gasteiger partial charge is 0.435 e. The minimum absolute atomic E-state index is 0.0564. The summed E-state index contributed by atoms with van der Waals surface area (Å²) < 4.78 is 28.6. The summed E-state index contributed by atoms with van der Waals surface area (Å²) in [6, 6.07) is 14.0. The van der Waals surface area contributed by atoms with Gasteiger partial charge in [0.1, 0.15) is 5.75 Å². The molecule has 0 aromatic heterocycles. The molecule has 2 aromatic rings. The molecule has 1 aliphatic heterocycles. The quantitative estimate of drug-likeness (QED) is 0.670. The van der Waals surface area contributed by atoms with Gasteiger partial charge >= 0.3 is 6.61 Å². The lowest BCUT2D eigenvalue weighted by molar-refractivity contribution is -0.127.